The number of hydrogen-bond acceptors (Lipinski definition) is 1. The summed E-state index contributed by atoms with van der Waals surface area (Å²) in [6.07, 6.45) is 6.19. The SMILES string of the molecule is CCCCc1c(CCC)cccc1NC(=O)CC. The number of amides is 1. The van der Waals surface area contributed by atoms with Gasteiger partial charge in [-0.05, 0) is 36.5 Å². The fourth-order valence-corrected chi connectivity index (χ4v) is 2.14. The zero-order valence-electron chi connectivity index (χ0n) is 11.9. The highest BCUT2D eigenvalue weighted by Gasteiger charge is 2.09. The Hall–Kier alpha value is -1.31. The van der Waals surface area contributed by atoms with Crippen molar-refractivity contribution in [2.45, 2.75) is 59.3 Å². The quantitative estimate of drug-likeness (QED) is 0.763. The van der Waals surface area contributed by atoms with Crippen molar-refractivity contribution in [3.63, 3.8) is 0 Å². The molecule has 1 N–H and O–H groups in total. The molecule has 1 aromatic carbocycles. The summed E-state index contributed by atoms with van der Waals surface area (Å²) in [7, 11) is 0. The molecule has 2 nitrogen and oxygen atoms in total. The summed E-state index contributed by atoms with van der Waals surface area (Å²) >= 11 is 0. The first-order valence-corrected chi connectivity index (χ1v) is 7.13. The minimum absolute atomic E-state index is 0.0985. The van der Waals surface area contributed by atoms with Crippen LogP contribution < -0.4 is 5.32 Å². The number of unbranched alkanes of at least 4 members (excludes halogenated alkanes) is 1. The van der Waals surface area contributed by atoms with E-state index < -0.39 is 0 Å². The molecular weight excluding hydrogens is 222 g/mol. The van der Waals surface area contributed by atoms with Gasteiger partial charge < -0.3 is 5.32 Å². The van der Waals surface area contributed by atoms with Crippen LogP contribution in [-0.4, -0.2) is 5.91 Å². The normalized spacial score (nSPS) is 10.4. The predicted octanol–water partition coefficient (Wildman–Crippen LogP) is 4.33. The third kappa shape index (κ3) is 4.17. The first-order chi connectivity index (χ1) is 8.72. The van der Waals surface area contributed by atoms with Crippen LogP contribution in [0.1, 0.15) is 57.6 Å². The van der Waals surface area contributed by atoms with E-state index in [1.165, 1.54) is 24.0 Å². The monoisotopic (exact) mass is 247 g/mol. The minimum atomic E-state index is 0.0985. The smallest absolute Gasteiger partial charge is 0.224 e. The van der Waals surface area contributed by atoms with Crippen LogP contribution >= 0.6 is 0 Å². The molecule has 18 heavy (non-hydrogen) atoms. The Labute approximate surface area is 111 Å². The molecule has 0 atom stereocenters. The number of anilines is 1. The van der Waals surface area contributed by atoms with E-state index in [1.807, 2.05) is 19.1 Å². The van der Waals surface area contributed by atoms with Crippen LogP contribution in [0.2, 0.25) is 0 Å². The van der Waals surface area contributed by atoms with E-state index in [1.54, 1.807) is 0 Å². The van der Waals surface area contributed by atoms with Gasteiger partial charge in [-0.3, -0.25) is 4.79 Å². The van der Waals surface area contributed by atoms with Crippen molar-refractivity contribution in [2.75, 3.05) is 5.32 Å². The molecule has 0 heterocycles. The van der Waals surface area contributed by atoms with Crippen LogP contribution in [0.15, 0.2) is 18.2 Å². The summed E-state index contributed by atoms with van der Waals surface area (Å²) in [5, 5.41) is 3.03. The number of carbonyl (C=O) groups is 1. The van der Waals surface area contributed by atoms with E-state index in [2.05, 4.69) is 25.2 Å². The molecule has 1 amide bonds. The molecule has 0 aliphatic heterocycles. The lowest BCUT2D eigenvalue weighted by Crippen LogP contribution is -2.12. The molecule has 0 aliphatic rings. The van der Waals surface area contributed by atoms with Crippen molar-refractivity contribution >= 4 is 11.6 Å². The van der Waals surface area contributed by atoms with Gasteiger partial charge in [-0.2, -0.15) is 0 Å². The summed E-state index contributed by atoms with van der Waals surface area (Å²) in [6.45, 7) is 6.28. The Morgan fingerprint density at radius 1 is 1.11 bits per heavy atom. The molecule has 0 spiro atoms. The topological polar surface area (TPSA) is 29.1 Å². The van der Waals surface area contributed by atoms with Crippen LogP contribution in [-0.2, 0) is 17.6 Å². The largest absolute Gasteiger partial charge is 0.326 e. The second kappa shape index (κ2) is 7.91. The van der Waals surface area contributed by atoms with E-state index in [4.69, 9.17) is 0 Å². The van der Waals surface area contributed by atoms with Gasteiger partial charge in [-0.1, -0.05) is 45.7 Å². The fourth-order valence-electron chi connectivity index (χ4n) is 2.14. The average molecular weight is 247 g/mol. The lowest BCUT2D eigenvalue weighted by molar-refractivity contribution is -0.115. The maximum absolute atomic E-state index is 11.6. The van der Waals surface area contributed by atoms with Gasteiger partial charge in [0.15, 0.2) is 0 Å². The number of nitrogens with one attached hydrogen (secondary N) is 1. The minimum Gasteiger partial charge on any atom is -0.326 e. The van der Waals surface area contributed by atoms with Crippen molar-refractivity contribution in [2.24, 2.45) is 0 Å². The van der Waals surface area contributed by atoms with E-state index in [9.17, 15) is 4.79 Å². The highest BCUT2D eigenvalue weighted by Crippen LogP contribution is 2.23. The standard InChI is InChI=1S/C16H25NO/c1-4-7-11-14-13(9-5-2)10-8-12-15(14)17-16(18)6-3/h8,10,12H,4-7,9,11H2,1-3H3,(H,17,18). The molecular formula is C16H25NO. The average Bonchev–Trinajstić information content (AvgIpc) is 2.38. The van der Waals surface area contributed by atoms with Crippen molar-refractivity contribution in [3.8, 4) is 0 Å². The summed E-state index contributed by atoms with van der Waals surface area (Å²) in [4.78, 5) is 11.6. The molecule has 0 bridgehead atoms. The second-order valence-electron chi connectivity index (χ2n) is 4.70. The maximum Gasteiger partial charge on any atom is 0.224 e. The van der Waals surface area contributed by atoms with Gasteiger partial charge in [0, 0.05) is 12.1 Å². The van der Waals surface area contributed by atoms with Crippen molar-refractivity contribution in [3.05, 3.63) is 29.3 Å². The van der Waals surface area contributed by atoms with Crippen molar-refractivity contribution in [1.29, 1.82) is 0 Å². The van der Waals surface area contributed by atoms with Crippen LogP contribution in [0.5, 0.6) is 0 Å². The zero-order valence-corrected chi connectivity index (χ0v) is 11.9. The van der Waals surface area contributed by atoms with Crippen molar-refractivity contribution in [1.82, 2.24) is 0 Å². The maximum atomic E-state index is 11.6. The van der Waals surface area contributed by atoms with Gasteiger partial charge in [0.2, 0.25) is 5.91 Å². The van der Waals surface area contributed by atoms with Crippen LogP contribution in [0.25, 0.3) is 0 Å². The molecule has 0 fully saturated rings. The number of benzene rings is 1. The van der Waals surface area contributed by atoms with Gasteiger partial charge in [0.05, 0.1) is 0 Å². The van der Waals surface area contributed by atoms with E-state index in [0.717, 1.165) is 24.9 Å². The number of rotatable bonds is 7. The third-order valence-corrected chi connectivity index (χ3v) is 3.17. The van der Waals surface area contributed by atoms with E-state index >= 15 is 0 Å². The third-order valence-electron chi connectivity index (χ3n) is 3.17. The van der Waals surface area contributed by atoms with Gasteiger partial charge in [-0.15, -0.1) is 0 Å². The summed E-state index contributed by atoms with van der Waals surface area (Å²) < 4.78 is 0. The Morgan fingerprint density at radius 2 is 1.89 bits per heavy atom. The molecule has 0 aromatic heterocycles. The molecule has 0 radical (unpaired) electrons. The van der Waals surface area contributed by atoms with Crippen LogP contribution in [0.4, 0.5) is 5.69 Å². The zero-order chi connectivity index (χ0) is 13.4. The molecule has 0 saturated carbocycles. The van der Waals surface area contributed by atoms with Gasteiger partial charge >= 0.3 is 0 Å². The van der Waals surface area contributed by atoms with E-state index in [-0.39, 0.29) is 5.91 Å². The molecule has 2 heteroatoms. The molecule has 100 valence electrons. The van der Waals surface area contributed by atoms with E-state index in [0.29, 0.717) is 6.42 Å². The molecule has 0 aliphatic carbocycles. The number of hydrogen-bond donors (Lipinski definition) is 1. The summed E-state index contributed by atoms with van der Waals surface area (Å²) in [5.74, 6) is 0.0985. The van der Waals surface area contributed by atoms with Crippen molar-refractivity contribution < 1.29 is 4.79 Å². The number of aryl methyl sites for hydroxylation is 1. The Balaban J connectivity index is 2.98. The van der Waals surface area contributed by atoms with Gasteiger partial charge in [-0.25, -0.2) is 0 Å². The summed E-state index contributed by atoms with van der Waals surface area (Å²) in [6, 6.07) is 6.26. The summed E-state index contributed by atoms with van der Waals surface area (Å²) in [5.41, 5.74) is 3.74. The van der Waals surface area contributed by atoms with Gasteiger partial charge in [0.1, 0.15) is 0 Å². The number of carbonyl (C=O) groups excluding carboxylic acids is 1. The molecule has 1 rings (SSSR count). The predicted molar refractivity (Wildman–Crippen MR) is 78.0 cm³/mol. The Bertz CT molecular complexity index is 385. The first kappa shape index (κ1) is 14.7. The van der Waals surface area contributed by atoms with Crippen LogP contribution in [0.3, 0.4) is 0 Å². The fraction of sp³-hybridized carbons (Fsp3) is 0.562. The lowest BCUT2D eigenvalue weighted by Gasteiger charge is -2.15. The molecule has 0 saturated heterocycles. The second-order valence-corrected chi connectivity index (χ2v) is 4.70. The molecule has 1 aromatic rings. The highest BCUT2D eigenvalue weighted by molar-refractivity contribution is 5.91. The lowest BCUT2D eigenvalue weighted by atomic mass is 9.97. The first-order valence-electron chi connectivity index (χ1n) is 7.13. The Kier molecular flexibility index (Phi) is 6.48. The van der Waals surface area contributed by atoms with Gasteiger partial charge in [0.25, 0.3) is 0 Å². The molecule has 0 unspecified atom stereocenters. The highest BCUT2D eigenvalue weighted by atomic mass is 16.1. The van der Waals surface area contributed by atoms with Crippen LogP contribution in [0, 0.1) is 0 Å². The Morgan fingerprint density at radius 3 is 2.50 bits per heavy atom.